The maximum Gasteiger partial charge on any atom is 0.0333 e. The molecule has 3 nitrogen and oxygen atoms in total. The van der Waals surface area contributed by atoms with E-state index in [4.69, 9.17) is 5.73 Å². The van der Waals surface area contributed by atoms with Crippen molar-refractivity contribution in [1.82, 2.24) is 9.80 Å². The second-order valence-electron chi connectivity index (χ2n) is 7.64. The first-order valence-corrected chi connectivity index (χ1v) is 8.64. The van der Waals surface area contributed by atoms with Crippen molar-refractivity contribution in [2.24, 2.45) is 17.6 Å². The Kier molecular flexibility index (Phi) is 5.49. The highest BCUT2D eigenvalue weighted by molar-refractivity contribution is 4.97. The summed E-state index contributed by atoms with van der Waals surface area (Å²) in [7, 11) is 2.25. The van der Waals surface area contributed by atoms with Crippen LogP contribution in [0.3, 0.4) is 0 Å². The van der Waals surface area contributed by atoms with Gasteiger partial charge in [0.05, 0.1) is 0 Å². The number of nitrogens with zero attached hydrogens (tertiary/aromatic N) is 2. The zero-order valence-corrected chi connectivity index (χ0v) is 14.1. The van der Waals surface area contributed by atoms with Crippen LogP contribution < -0.4 is 5.73 Å². The lowest BCUT2D eigenvalue weighted by atomic mass is 9.85. The minimum Gasteiger partial charge on any atom is -0.329 e. The van der Waals surface area contributed by atoms with E-state index in [2.05, 4.69) is 37.6 Å². The van der Waals surface area contributed by atoms with E-state index in [1.54, 1.807) is 0 Å². The first-order valence-electron chi connectivity index (χ1n) is 8.64. The highest BCUT2D eigenvalue weighted by Gasteiger charge is 2.40. The summed E-state index contributed by atoms with van der Waals surface area (Å²) >= 11 is 0. The molecule has 2 N–H and O–H groups in total. The topological polar surface area (TPSA) is 32.5 Å². The Labute approximate surface area is 125 Å². The number of rotatable bonds is 3. The fourth-order valence-corrected chi connectivity index (χ4v) is 4.21. The average Bonchev–Trinajstić information content (AvgIpc) is 2.65. The van der Waals surface area contributed by atoms with Crippen molar-refractivity contribution in [2.75, 3.05) is 33.2 Å². The lowest BCUT2D eigenvalue weighted by molar-refractivity contribution is 0.00867. The molecule has 0 aromatic rings. The van der Waals surface area contributed by atoms with Crippen molar-refractivity contribution in [3.8, 4) is 0 Å². The molecule has 1 aliphatic heterocycles. The van der Waals surface area contributed by atoms with Gasteiger partial charge in [-0.2, -0.15) is 0 Å². The Morgan fingerprint density at radius 1 is 1.20 bits per heavy atom. The van der Waals surface area contributed by atoms with E-state index in [-0.39, 0.29) is 0 Å². The summed E-state index contributed by atoms with van der Waals surface area (Å²) in [4.78, 5) is 5.22. The molecule has 1 saturated carbocycles. The van der Waals surface area contributed by atoms with Crippen molar-refractivity contribution in [3.05, 3.63) is 0 Å². The van der Waals surface area contributed by atoms with Gasteiger partial charge in [-0.3, -0.25) is 4.90 Å². The molecule has 2 rings (SSSR count). The minimum atomic E-state index is 0.291. The molecule has 3 unspecified atom stereocenters. The van der Waals surface area contributed by atoms with Crippen LogP contribution in [0.2, 0.25) is 0 Å². The van der Waals surface area contributed by atoms with Crippen LogP contribution in [-0.4, -0.2) is 54.6 Å². The van der Waals surface area contributed by atoms with Crippen LogP contribution >= 0.6 is 0 Å². The standard InChI is InChI=1S/C17H35N3/c1-14(2)16-6-5-8-17(13-18,9-7-16)20-11-10-19(4)15(3)12-20/h14-16H,5-13,18H2,1-4H3. The fraction of sp³-hybridized carbons (Fsp3) is 1.00. The van der Waals surface area contributed by atoms with Crippen LogP contribution in [0, 0.1) is 11.8 Å². The normalized spacial score (nSPS) is 38.1. The van der Waals surface area contributed by atoms with E-state index in [1.807, 2.05) is 0 Å². The molecular formula is C17H35N3. The first-order chi connectivity index (χ1) is 9.48. The SMILES string of the molecule is CC(C)C1CCCC(CN)(N2CCN(C)C(C)C2)CC1. The largest absolute Gasteiger partial charge is 0.329 e. The van der Waals surface area contributed by atoms with Crippen LogP contribution in [0.15, 0.2) is 0 Å². The lowest BCUT2D eigenvalue weighted by Gasteiger charge is -2.49. The van der Waals surface area contributed by atoms with Crippen LogP contribution in [-0.2, 0) is 0 Å². The molecule has 1 saturated heterocycles. The maximum absolute atomic E-state index is 6.28. The van der Waals surface area contributed by atoms with Crippen LogP contribution in [0.25, 0.3) is 0 Å². The monoisotopic (exact) mass is 281 g/mol. The molecule has 0 aromatic heterocycles. The number of hydrogen-bond acceptors (Lipinski definition) is 3. The third-order valence-electron chi connectivity index (χ3n) is 6.15. The van der Waals surface area contributed by atoms with Gasteiger partial charge in [-0.25, -0.2) is 0 Å². The quantitative estimate of drug-likeness (QED) is 0.807. The molecule has 0 amide bonds. The molecule has 118 valence electrons. The molecule has 2 aliphatic rings. The van der Waals surface area contributed by atoms with E-state index in [9.17, 15) is 0 Å². The van der Waals surface area contributed by atoms with Crippen LogP contribution in [0.4, 0.5) is 0 Å². The Hall–Kier alpha value is -0.120. The van der Waals surface area contributed by atoms with Crippen molar-refractivity contribution >= 4 is 0 Å². The van der Waals surface area contributed by atoms with Crippen LogP contribution in [0.5, 0.6) is 0 Å². The molecule has 1 heterocycles. The van der Waals surface area contributed by atoms with Crippen molar-refractivity contribution in [2.45, 2.75) is 64.5 Å². The van der Waals surface area contributed by atoms with E-state index in [1.165, 1.54) is 51.7 Å². The molecule has 3 heteroatoms. The maximum atomic E-state index is 6.28. The van der Waals surface area contributed by atoms with Gasteiger partial charge in [-0.1, -0.05) is 26.7 Å². The molecule has 2 fully saturated rings. The molecule has 3 atom stereocenters. The van der Waals surface area contributed by atoms with Gasteiger partial charge in [0, 0.05) is 37.8 Å². The summed E-state index contributed by atoms with van der Waals surface area (Å²) in [5.41, 5.74) is 6.58. The van der Waals surface area contributed by atoms with Gasteiger partial charge < -0.3 is 10.6 Å². The molecule has 0 aromatic carbocycles. The Bertz CT molecular complexity index is 305. The lowest BCUT2D eigenvalue weighted by Crippen LogP contribution is -2.61. The Balaban J connectivity index is 2.05. The second-order valence-corrected chi connectivity index (χ2v) is 7.64. The van der Waals surface area contributed by atoms with Gasteiger partial charge in [0.1, 0.15) is 0 Å². The van der Waals surface area contributed by atoms with Crippen molar-refractivity contribution in [3.63, 3.8) is 0 Å². The summed E-state index contributed by atoms with van der Waals surface area (Å²) in [5.74, 6) is 1.74. The summed E-state index contributed by atoms with van der Waals surface area (Å²) in [6.07, 6.45) is 6.75. The van der Waals surface area contributed by atoms with Gasteiger partial charge in [-0.15, -0.1) is 0 Å². The zero-order chi connectivity index (χ0) is 14.8. The van der Waals surface area contributed by atoms with Gasteiger partial charge >= 0.3 is 0 Å². The number of hydrogen-bond donors (Lipinski definition) is 1. The second kappa shape index (κ2) is 6.76. The van der Waals surface area contributed by atoms with Crippen molar-refractivity contribution in [1.29, 1.82) is 0 Å². The Morgan fingerprint density at radius 3 is 2.55 bits per heavy atom. The van der Waals surface area contributed by atoms with E-state index in [0.29, 0.717) is 11.6 Å². The number of piperazine rings is 1. The van der Waals surface area contributed by atoms with E-state index in [0.717, 1.165) is 18.4 Å². The number of nitrogens with two attached hydrogens (primary N) is 1. The van der Waals surface area contributed by atoms with E-state index >= 15 is 0 Å². The van der Waals surface area contributed by atoms with Crippen molar-refractivity contribution < 1.29 is 0 Å². The smallest absolute Gasteiger partial charge is 0.0333 e. The molecule has 0 spiro atoms. The predicted octanol–water partition coefficient (Wildman–Crippen LogP) is 2.56. The Morgan fingerprint density at radius 2 is 1.95 bits per heavy atom. The predicted molar refractivity (Wildman–Crippen MR) is 86.9 cm³/mol. The average molecular weight is 281 g/mol. The first kappa shape index (κ1) is 16.3. The summed E-state index contributed by atoms with van der Waals surface area (Å²) in [5, 5.41) is 0. The number of likely N-dealkylation sites (N-methyl/N-ethyl adjacent to an activating group) is 1. The minimum absolute atomic E-state index is 0.291. The zero-order valence-electron chi connectivity index (χ0n) is 14.1. The molecule has 20 heavy (non-hydrogen) atoms. The molecule has 1 aliphatic carbocycles. The van der Waals surface area contributed by atoms with Gasteiger partial charge in [0.15, 0.2) is 0 Å². The highest BCUT2D eigenvalue weighted by Crippen LogP contribution is 2.37. The molecule has 0 radical (unpaired) electrons. The molecular weight excluding hydrogens is 246 g/mol. The van der Waals surface area contributed by atoms with Gasteiger partial charge in [-0.05, 0) is 45.1 Å². The third kappa shape index (κ3) is 3.37. The fourth-order valence-electron chi connectivity index (χ4n) is 4.21. The van der Waals surface area contributed by atoms with Crippen LogP contribution in [0.1, 0.15) is 52.9 Å². The van der Waals surface area contributed by atoms with Gasteiger partial charge in [0.25, 0.3) is 0 Å². The summed E-state index contributed by atoms with van der Waals surface area (Å²) < 4.78 is 0. The summed E-state index contributed by atoms with van der Waals surface area (Å²) in [6.45, 7) is 11.6. The molecule has 0 bridgehead atoms. The van der Waals surface area contributed by atoms with E-state index < -0.39 is 0 Å². The highest BCUT2D eigenvalue weighted by atomic mass is 15.3. The third-order valence-corrected chi connectivity index (χ3v) is 6.15. The van der Waals surface area contributed by atoms with Gasteiger partial charge in [0.2, 0.25) is 0 Å². The summed E-state index contributed by atoms with van der Waals surface area (Å²) in [6, 6.07) is 0.663.